The van der Waals surface area contributed by atoms with Crippen molar-refractivity contribution in [3.63, 3.8) is 0 Å². The number of amides is 1. The van der Waals surface area contributed by atoms with E-state index in [1.165, 1.54) is 56.1 Å². The number of aromatic nitrogens is 1. The maximum absolute atomic E-state index is 12.4. The molecule has 6 atom stereocenters. The molecule has 1 aromatic rings. The van der Waals surface area contributed by atoms with Gasteiger partial charge < -0.3 is 4.90 Å². The van der Waals surface area contributed by atoms with Gasteiger partial charge in [0.05, 0.1) is 0 Å². The smallest absolute Gasteiger partial charge is 0.219 e. The zero-order valence-electron chi connectivity index (χ0n) is 19.3. The highest BCUT2D eigenvalue weighted by Crippen LogP contribution is 2.66. The molecule has 0 N–H and O–H groups in total. The van der Waals surface area contributed by atoms with E-state index in [9.17, 15) is 4.79 Å². The Morgan fingerprint density at radius 3 is 2.77 bits per heavy atom. The summed E-state index contributed by atoms with van der Waals surface area (Å²) in [6.45, 7) is 10.0. The molecule has 2 saturated carbocycles. The summed E-state index contributed by atoms with van der Waals surface area (Å²) in [7, 11) is 0. The van der Waals surface area contributed by atoms with Crippen LogP contribution >= 0.6 is 0 Å². The molecule has 1 aliphatic heterocycles. The molecule has 5 rings (SSSR count). The van der Waals surface area contributed by atoms with Crippen molar-refractivity contribution in [3.8, 4) is 0 Å². The molecule has 0 bridgehead atoms. The number of pyridine rings is 1. The van der Waals surface area contributed by atoms with Gasteiger partial charge in [-0.05, 0) is 103 Å². The van der Waals surface area contributed by atoms with Gasteiger partial charge >= 0.3 is 0 Å². The molecule has 3 heteroatoms. The van der Waals surface area contributed by atoms with Crippen LogP contribution in [-0.4, -0.2) is 28.4 Å². The molecular formula is C27H38N2O. The largest absolute Gasteiger partial charge is 0.339 e. The number of piperidine rings is 1. The van der Waals surface area contributed by atoms with Gasteiger partial charge in [-0.3, -0.25) is 9.78 Å². The Hall–Kier alpha value is -1.64. The van der Waals surface area contributed by atoms with Crippen LogP contribution in [0.15, 0.2) is 24.5 Å². The van der Waals surface area contributed by atoms with Gasteiger partial charge in [0.15, 0.2) is 0 Å². The first-order valence-corrected chi connectivity index (χ1v) is 12.3. The summed E-state index contributed by atoms with van der Waals surface area (Å²) in [4.78, 5) is 19.1. The number of hydrogen-bond donors (Lipinski definition) is 0. The van der Waals surface area contributed by atoms with Crippen LogP contribution < -0.4 is 0 Å². The van der Waals surface area contributed by atoms with Gasteiger partial charge in [0.1, 0.15) is 0 Å². The summed E-state index contributed by atoms with van der Waals surface area (Å²) in [6.07, 6.45) is 16.5. The van der Waals surface area contributed by atoms with Crippen LogP contribution in [-0.2, 0) is 11.2 Å². The second-order valence-electron chi connectivity index (χ2n) is 11.0. The van der Waals surface area contributed by atoms with E-state index in [2.05, 4.69) is 49.0 Å². The normalized spacial score (nSPS) is 40.3. The minimum absolute atomic E-state index is 0.285. The lowest BCUT2D eigenvalue weighted by atomic mass is 9.46. The van der Waals surface area contributed by atoms with Crippen molar-refractivity contribution in [1.82, 2.24) is 9.88 Å². The molecule has 30 heavy (non-hydrogen) atoms. The Bertz CT molecular complexity index is 875. The number of carbonyl (C=O) groups excluding carboxylic acids is 1. The number of carbonyl (C=O) groups is 1. The van der Waals surface area contributed by atoms with Crippen LogP contribution in [0.3, 0.4) is 0 Å². The molecule has 1 saturated heterocycles. The van der Waals surface area contributed by atoms with Gasteiger partial charge in [0.2, 0.25) is 5.91 Å². The van der Waals surface area contributed by atoms with Crippen molar-refractivity contribution in [3.05, 3.63) is 35.7 Å². The maximum Gasteiger partial charge on any atom is 0.219 e. The predicted molar refractivity (Wildman–Crippen MR) is 122 cm³/mol. The van der Waals surface area contributed by atoms with Gasteiger partial charge in [0.25, 0.3) is 0 Å². The average molecular weight is 407 g/mol. The van der Waals surface area contributed by atoms with Crippen LogP contribution in [0.5, 0.6) is 0 Å². The molecule has 162 valence electrons. The fourth-order valence-corrected chi connectivity index (χ4v) is 8.31. The van der Waals surface area contributed by atoms with Crippen LogP contribution in [0.25, 0.3) is 5.57 Å². The molecule has 3 fully saturated rings. The van der Waals surface area contributed by atoms with E-state index in [0.29, 0.717) is 11.5 Å². The molecular weight excluding hydrogens is 368 g/mol. The highest BCUT2D eigenvalue weighted by atomic mass is 16.2. The topological polar surface area (TPSA) is 33.2 Å². The lowest BCUT2D eigenvalue weighted by molar-refractivity contribution is -0.151. The second-order valence-corrected chi connectivity index (χ2v) is 11.0. The summed E-state index contributed by atoms with van der Waals surface area (Å²) in [6, 6.07) is 2.84. The zero-order chi connectivity index (χ0) is 21.1. The number of hydrogen-bond acceptors (Lipinski definition) is 2. The summed E-state index contributed by atoms with van der Waals surface area (Å²) in [5.41, 5.74) is 4.86. The predicted octanol–water partition coefficient (Wildman–Crippen LogP) is 5.89. The molecule has 2 heterocycles. The Morgan fingerprint density at radius 1 is 1.17 bits per heavy atom. The molecule has 1 unspecified atom stereocenters. The van der Waals surface area contributed by atoms with Crippen LogP contribution in [0.1, 0.15) is 83.8 Å². The molecule has 3 aliphatic carbocycles. The maximum atomic E-state index is 12.4. The summed E-state index contributed by atoms with van der Waals surface area (Å²) in [5, 5.41) is 0. The number of nitrogens with zero attached hydrogens (tertiary/aromatic N) is 2. The van der Waals surface area contributed by atoms with Crippen molar-refractivity contribution < 1.29 is 4.79 Å². The van der Waals surface area contributed by atoms with E-state index >= 15 is 0 Å². The summed E-state index contributed by atoms with van der Waals surface area (Å²) < 4.78 is 0. The third-order valence-electron chi connectivity index (χ3n) is 9.81. The molecule has 0 spiro atoms. The van der Waals surface area contributed by atoms with Gasteiger partial charge in [-0.1, -0.05) is 26.8 Å². The Kier molecular flexibility index (Phi) is 4.87. The second kappa shape index (κ2) is 7.21. The lowest BCUT2D eigenvalue weighted by Crippen LogP contribution is -2.61. The minimum Gasteiger partial charge on any atom is -0.339 e. The van der Waals surface area contributed by atoms with Crippen molar-refractivity contribution in [1.29, 1.82) is 0 Å². The average Bonchev–Trinajstić information content (AvgIpc) is 3.10. The first-order valence-electron chi connectivity index (χ1n) is 12.3. The number of rotatable bonds is 2. The highest BCUT2D eigenvalue weighted by molar-refractivity contribution is 5.74. The molecule has 1 aromatic heterocycles. The van der Waals surface area contributed by atoms with Gasteiger partial charge in [-0.2, -0.15) is 0 Å². The van der Waals surface area contributed by atoms with Gasteiger partial charge in [0, 0.05) is 31.9 Å². The van der Waals surface area contributed by atoms with Crippen LogP contribution in [0.2, 0.25) is 0 Å². The number of fused-ring (bicyclic) bond motifs is 5. The number of aryl methyl sites for hydroxylation is 1. The Labute approximate surface area is 182 Å². The molecule has 0 radical (unpaired) electrons. The van der Waals surface area contributed by atoms with E-state index in [4.69, 9.17) is 0 Å². The van der Waals surface area contributed by atoms with E-state index in [1.54, 1.807) is 12.5 Å². The van der Waals surface area contributed by atoms with Crippen LogP contribution in [0, 0.1) is 28.6 Å². The molecule has 4 aliphatic rings. The fraction of sp³-hybridized carbons (Fsp3) is 0.704. The summed E-state index contributed by atoms with van der Waals surface area (Å²) >= 11 is 0. The fourth-order valence-electron chi connectivity index (χ4n) is 8.31. The van der Waals surface area contributed by atoms with E-state index in [0.717, 1.165) is 30.7 Å². The third-order valence-corrected chi connectivity index (χ3v) is 9.81. The van der Waals surface area contributed by atoms with E-state index in [1.807, 2.05) is 6.20 Å². The minimum atomic E-state index is 0.285. The zero-order valence-corrected chi connectivity index (χ0v) is 19.3. The first kappa shape index (κ1) is 20.3. The quantitative estimate of drug-likeness (QED) is 0.613. The van der Waals surface area contributed by atoms with Gasteiger partial charge in [-0.25, -0.2) is 0 Å². The Balaban J connectivity index is 1.44. The lowest BCUT2D eigenvalue weighted by Gasteiger charge is -2.62. The summed E-state index contributed by atoms with van der Waals surface area (Å²) in [5.74, 6) is 2.61. The molecule has 0 aromatic carbocycles. The standard InChI is InChI=1S/C27H38N2O/c1-5-19-15-20(17-28-16-19)22-8-9-23-21-7-10-25-27(4,12-6-14-29(25)18(2)30)24(21)11-13-26(22,23)3/h8,15-17,21,23-25H,5-7,9-14H2,1-4H3/t21-,23-,24-,25?,26+,27+/m0/s1. The van der Waals surface area contributed by atoms with Crippen molar-refractivity contribution in [2.75, 3.05) is 6.54 Å². The van der Waals surface area contributed by atoms with Crippen molar-refractivity contribution in [2.45, 2.75) is 85.1 Å². The molecule has 3 nitrogen and oxygen atoms in total. The third kappa shape index (κ3) is 2.83. The molecule has 1 amide bonds. The Morgan fingerprint density at radius 2 is 2.00 bits per heavy atom. The SMILES string of the molecule is CCc1cncc(C2=CC[C@H]3[C@@H]4CCC5N(C(C)=O)CCC[C@]5(C)[C@H]4CC[C@]23C)c1. The van der Waals surface area contributed by atoms with E-state index < -0.39 is 0 Å². The van der Waals surface area contributed by atoms with Crippen molar-refractivity contribution >= 4 is 11.5 Å². The van der Waals surface area contributed by atoms with Crippen molar-refractivity contribution in [2.24, 2.45) is 28.6 Å². The van der Waals surface area contributed by atoms with Gasteiger partial charge in [-0.15, -0.1) is 0 Å². The monoisotopic (exact) mass is 406 g/mol. The van der Waals surface area contributed by atoms with E-state index in [-0.39, 0.29) is 11.3 Å². The number of likely N-dealkylation sites (tertiary alicyclic amines) is 1. The van der Waals surface area contributed by atoms with Crippen LogP contribution in [0.4, 0.5) is 0 Å². The number of allylic oxidation sites excluding steroid dienone is 2. The highest BCUT2D eigenvalue weighted by Gasteiger charge is 2.59. The first-order chi connectivity index (χ1) is 14.4.